The summed E-state index contributed by atoms with van der Waals surface area (Å²) in [7, 11) is 0. The molecule has 0 aliphatic carbocycles. The predicted octanol–water partition coefficient (Wildman–Crippen LogP) is 3.16. The van der Waals surface area contributed by atoms with Gasteiger partial charge in [0, 0.05) is 32.2 Å². The molecule has 136 valence electrons. The van der Waals surface area contributed by atoms with E-state index in [1.54, 1.807) is 0 Å². The monoisotopic (exact) mass is 337 g/mol. The molecule has 2 aliphatic rings. The SMILES string of the molecule is CC(C)c1nnc(C2CN(CCCCC3CCOCC3)CCO2)o1. The lowest BCUT2D eigenvalue weighted by atomic mass is 9.94. The first kappa shape index (κ1) is 17.8. The van der Waals surface area contributed by atoms with Crippen molar-refractivity contribution < 1.29 is 13.9 Å². The highest BCUT2D eigenvalue weighted by Gasteiger charge is 2.26. The summed E-state index contributed by atoms with van der Waals surface area (Å²) < 4.78 is 17.0. The summed E-state index contributed by atoms with van der Waals surface area (Å²) in [4.78, 5) is 2.47. The molecular weight excluding hydrogens is 306 g/mol. The van der Waals surface area contributed by atoms with E-state index in [4.69, 9.17) is 13.9 Å². The van der Waals surface area contributed by atoms with Crippen molar-refractivity contribution in [3.63, 3.8) is 0 Å². The van der Waals surface area contributed by atoms with Crippen LogP contribution in [-0.4, -0.2) is 54.6 Å². The number of rotatable bonds is 7. The highest BCUT2D eigenvalue weighted by atomic mass is 16.5. The van der Waals surface area contributed by atoms with Gasteiger partial charge in [-0.15, -0.1) is 10.2 Å². The maximum Gasteiger partial charge on any atom is 0.246 e. The molecule has 6 nitrogen and oxygen atoms in total. The molecule has 1 unspecified atom stereocenters. The van der Waals surface area contributed by atoms with Gasteiger partial charge in [-0.25, -0.2) is 0 Å². The van der Waals surface area contributed by atoms with Gasteiger partial charge in [-0.1, -0.05) is 26.7 Å². The van der Waals surface area contributed by atoms with Crippen molar-refractivity contribution in [1.82, 2.24) is 15.1 Å². The van der Waals surface area contributed by atoms with E-state index < -0.39 is 0 Å². The third-order valence-electron chi connectivity index (χ3n) is 5.05. The Labute approximate surface area is 144 Å². The van der Waals surface area contributed by atoms with Gasteiger partial charge in [0.05, 0.1) is 6.61 Å². The average molecular weight is 337 g/mol. The van der Waals surface area contributed by atoms with Gasteiger partial charge in [-0.3, -0.25) is 4.90 Å². The highest BCUT2D eigenvalue weighted by molar-refractivity contribution is 4.92. The Morgan fingerprint density at radius 1 is 1.12 bits per heavy atom. The zero-order valence-electron chi connectivity index (χ0n) is 15.1. The number of unbranched alkanes of at least 4 members (excludes halogenated alkanes) is 1. The minimum absolute atomic E-state index is 0.0748. The first-order valence-corrected chi connectivity index (χ1v) is 9.47. The molecule has 0 spiro atoms. The van der Waals surface area contributed by atoms with Crippen LogP contribution < -0.4 is 0 Å². The minimum atomic E-state index is -0.0748. The maximum absolute atomic E-state index is 5.84. The molecule has 24 heavy (non-hydrogen) atoms. The second-order valence-electron chi connectivity index (χ2n) is 7.34. The van der Waals surface area contributed by atoms with Crippen molar-refractivity contribution in [2.45, 2.75) is 58.0 Å². The molecule has 0 amide bonds. The lowest BCUT2D eigenvalue weighted by Gasteiger charge is -2.31. The quantitative estimate of drug-likeness (QED) is 0.712. The molecule has 1 aromatic rings. The van der Waals surface area contributed by atoms with Gasteiger partial charge in [0.25, 0.3) is 0 Å². The van der Waals surface area contributed by atoms with E-state index in [1.165, 1.54) is 32.1 Å². The fourth-order valence-electron chi connectivity index (χ4n) is 3.47. The number of morpholine rings is 1. The number of ether oxygens (including phenoxy) is 2. The molecule has 1 atom stereocenters. The fourth-order valence-corrected chi connectivity index (χ4v) is 3.47. The van der Waals surface area contributed by atoms with Gasteiger partial charge in [0.1, 0.15) is 6.10 Å². The van der Waals surface area contributed by atoms with E-state index in [0.717, 1.165) is 45.4 Å². The van der Waals surface area contributed by atoms with Crippen LogP contribution in [0.1, 0.15) is 69.8 Å². The molecule has 3 rings (SSSR count). The normalized spacial score (nSPS) is 23.9. The lowest BCUT2D eigenvalue weighted by molar-refractivity contribution is -0.0436. The van der Waals surface area contributed by atoms with Crippen molar-refractivity contribution >= 4 is 0 Å². The topological polar surface area (TPSA) is 60.6 Å². The predicted molar refractivity (Wildman–Crippen MR) is 90.9 cm³/mol. The van der Waals surface area contributed by atoms with Crippen molar-refractivity contribution in [3.8, 4) is 0 Å². The summed E-state index contributed by atoms with van der Waals surface area (Å²) in [6, 6.07) is 0. The van der Waals surface area contributed by atoms with E-state index in [9.17, 15) is 0 Å². The maximum atomic E-state index is 5.84. The van der Waals surface area contributed by atoms with Crippen LogP contribution in [0.3, 0.4) is 0 Å². The van der Waals surface area contributed by atoms with E-state index in [1.807, 2.05) is 0 Å². The van der Waals surface area contributed by atoms with Crippen molar-refractivity contribution in [2.75, 3.05) is 39.5 Å². The third kappa shape index (κ3) is 5.01. The molecule has 3 heterocycles. The summed E-state index contributed by atoms with van der Waals surface area (Å²) >= 11 is 0. The van der Waals surface area contributed by atoms with Crippen LogP contribution in [0, 0.1) is 5.92 Å². The van der Waals surface area contributed by atoms with Crippen molar-refractivity contribution in [2.24, 2.45) is 5.92 Å². The van der Waals surface area contributed by atoms with Crippen LogP contribution in [0.2, 0.25) is 0 Å². The first-order chi connectivity index (χ1) is 11.7. The Morgan fingerprint density at radius 3 is 2.71 bits per heavy atom. The second-order valence-corrected chi connectivity index (χ2v) is 7.34. The number of nitrogens with zero attached hydrogens (tertiary/aromatic N) is 3. The van der Waals surface area contributed by atoms with Crippen LogP contribution in [0.25, 0.3) is 0 Å². The van der Waals surface area contributed by atoms with Crippen LogP contribution in [-0.2, 0) is 9.47 Å². The van der Waals surface area contributed by atoms with Crippen molar-refractivity contribution in [3.05, 3.63) is 11.8 Å². The lowest BCUT2D eigenvalue weighted by Crippen LogP contribution is -2.39. The number of aromatic nitrogens is 2. The molecule has 0 saturated carbocycles. The summed E-state index contributed by atoms with van der Waals surface area (Å²) in [6.07, 6.45) is 6.33. The van der Waals surface area contributed by atoms with Crippen molar-refractivity contribution in [1.29, 1.82) is 0 Å². The molecule has 0 aromatic carbocycles. The Bertz CT molecular complexity index is 486. The molecular formula is C18H31N3O3. The Morgan fingerprint density at radius 2 is 1.96 bits per heavy atom. The van der Waals surface area contributed by atoms with Gasteiger partial charge < -0.3 is 13.9 Å². The average Bonchev–Trinajstić information content (AvgIpc) is 3.10. The minimum Gasteiger partial charge on any atom is -0.422 e. The van der Waals surface area contributed by atoms with Crippen LogP contribution in [0.5, 0.6) is 0 Å². The van der Waals surface area contributed by atoms with Gasteiger partial charge in [0.15, 0.2) is 0 Å². The third-order valence-corrected chi connectivity index (χ3v) is 5.05. The van der Waals surface area contributed by atoms with Crippen LogP contribution in [0.15, 0.2) is 4.42 Å². The molecule has 0 bridgehead atoms. The van der Waals surface area contributed by atoms with Crippen LogP contribution in [0.4, 0.5) is 0 Å². The standard InChI is InChI=1S/C18H31N3O3/c1-14(2)17-19-20-18(24-17)16-13-21(9-12-23-16)8-4-3-5-15-6-10-22-11-7-15/h14-16H,3-13H2,1-2H3. The largest absolute Gasteiger partial charge is 0.422 e. The zero-order chi connectivity index (χ0) is 16.8. The molecule has 2 saturated heterocycles. The summed E-state index contributed by atoms with van der Waals surface area (Å²) in [6.45, 7) is 9.76. The molecule has 6 heteroatoms. The van der Waals surface area contributed by atoms with E-state index in [-0.39, 0.29) is 12.0 Å². The molecule has 2 fully saturated rings. The Kier molecular flexibility index (Phi) is 6.63. The summed E-state index contributed by atoms with van der Waals surface area (Å²) in [5.74, 6) is 2.47. The molecule has 2 aliphatic heterocycles. The van der Waals surface area contributed by atoms with E-state index in [2.05, 4.69) is 28.9 Å². The summed E-state index contributed by atoms with van der Waals surface area (Å²) in [5.41, 5.74) is 0. The number of hydrogen-bond acceptors (Lipinski definition) is 6. The van der Waals surface area contributed by atoms with Gasteiger partial charge >= 0.3 is 0 Å². The van der Waals surface area contributed by atoms with E-state index in [0.29, 0.717) is 11.8 Å². The Balaban J connectivity index is 1.38. The van der Waals surface area contributed by atoms with Gasteiger partial charge in [-0.05, 0) is 31.7 Å². The zero-order valence-corrected chi connectivity index (χ0v) is 15.1. The molecule has 1 aromatic heterocycles. The van der Waals surface area contributed by atoms with Gasteiger partial charge in [-0.2, -0.15) is 0 Å². The summed E-state index contributed by atoms with van der Waals surface area (Å²) in [5, 5.41) is 8.29. The fraction of sp³-hybridized carbons (Fsp3) is 0.889. The van der Waals surface area contributed by atoms with Crippen LogP contribution >= 0.6 is 0 Å². The highest BCUT2D eigenvalue weighted by Crippen LogP contribution is 2.24. The second kappa shape index (κ2) is 8.92. The van der Waals surface area contributed by atoms with Gasteiger partial charge in [0.2, 0.25) is 11.8 Å². The smallest absolute Gasteiger partial charge is 0.246 e. The molecule has 0 radical (unpaired) electrons. The first-order valence-electron chi connectivity index (χ1n) is 9.47. The Hall–Kier alpha value is -0.980. The molecule has 0 N–H and O–H groups in total. The number of hydrogen-bond donors (Lipinski definition) is 0. The van der Waals surface area contributed by atoms with E-state index >= 15 is 0 Å².